The van der Waals surface area contributed by atoms with E-state index in [1.54, 1.807) is 18.2 Å². The molecule has 0 radical (unpaired) electrons. The summed E-state index contributed by atoms with van der Waals surface area (Å²) >= 11 is 0. The van der Waals surface area contributed by atoms with Crippen LogP contribution in [0.2, 0.25) is 0 Å². The second-order valence-corrected chi connectivity index (χ2v) is 8.85. The van der Waals surface area contributed by atoms with Crippen molar-refractivity contribution in [2.45, 2.75) is 44.7 Å². The molecule has 2 aromatic carbocycles. The van der Waals surface area contributed by atoms with Gasteiger partial charge >= 0.3 is 0 Å². The van der Waals surface area contributed by atoms with Crippen molar-refractivity contribution in [2.75, 3.05) is 13.2 Å². The maximum absolute atomic E-state index is 15.3. The molecule has 1 saturated heterocycles. The zero-order valence-corrected chi connectivity index (χ0v) is 19.6. The first-order valence-corrected chi connectivity index (χ1v) is 11.4. The predicted molar refractivity (Wildman–Crippen MR) is 128 cm³/mol. The average molecular weight is 482 g/mol. The Kier molecular flexibility index (Phi) is 7.16. The third kappa shape index (κ3) is 5.68. The van der Waals surface area contributed by atoms with Crippen molar-refractivity contribution in [3.8, 4) is 11.6 Å². The number of carbonyl (C=O) groups is 2. The maximum atomic E-state index is 15.3. The van der Waals surface area contributed by atoms with Crippen molar-refractivity contribution in [3.05, 3.63) is 65.9 Å². The summed E-state index contributed by atoms with van der Waals surface area (Å²) in [5.41, 5.74) is 4.53. The number of amides is 2. The fraction of sp³-hybridized carbons (Fsp3) is 0.346. The van der Waals surface area contributed by atoms with Gasteiger partial charge in [-0.15, -0.1) is 0 Å². The molecule has 35 heavy (non-hydrogen) atoms. The number of benzene rings is 2. The Bertz CT molecular complexity index is 1220. The van der Waals surface area contributed by atoms with E-state index in [4.69, 9.17) is 19.9 Å². The Morgan fingerprint density at radius 1 is 1.26 bits per heavy atom. The Labute approximate surface area is 202 Å². The molecule has 2 amide bonds. The minimum atomic E-state index is -2.14. The summed E-state index contributed by atoms with van der Waals surface area (Å²) in [6.45, 7) is 3.56. The first-order valence-electron chi connectivity index (χ1n) is 11.4. The minimum Gasteiger partial charge on any atom is -0.490 e. The highest BCUT2D eigenvalue weighted by Gasteiger charge is 2.48. The molecule has 184 valence electrons. The standard InChI is InChI=1S/C26H28FN3O5/c1-16(2)35-22-11-20-18(10-21(22)23(28)31)8-9-29-24(20)34-14-19-12-26(27,25(32)30-19)15-33-13-17-6-4-3-5-7-17/h3-11,16,19H,12-15H2,1-2H3,(H2,28,31)(H,30,32)/t19-,26+/m0/s1. The van der Waals surface area contributed by atoms with Crippen LogP contribution in [0.5, 0.6) is 11.6 Å². The zero-order valence-electron chi connectivity index (χ0n) is 19.6. The van der Waals surface area contributed by atoms with E-state index in [0.717, 1.165) is 5.56 Å². The first-order chi connectivity index (χ1) is 16.7. The number of nitrogens with two attached hydrogens (primary N) is 1. The Hall–Kier alpha value is -3.72. The van der Waals surface area contributed by atoms with Crippen LogP contribution in [0.3, 0.4) is 0 Å². The smallest absolute Gasteiger partial charge is 0.260 e. The quantitative estimate of drug-likeness (QED) is 0.459. The van der Waals surface area contributed by atoms with E-state index in [9.17, 15) is 9.59 Å². The number of aromatic nitrogens is 1. The van der Waals surface area contributed by atoms with Gasteiger partial charge in [-0.05, 0) is 43.0 Å². The highest BCUT2D eigenvalue weighted by atomic mass is 19.1. The number of fused-ring (bicyclic) bond motifs is 1. The van der Waals surface area contributed by atoms with Gasteiger partial charge in [0, 0.05) is 18.0 Å². The van der Waals surface area contributed by atoms with Gasteiger partial charge in [0.15, 0.2) is 0 Å². The van der Waals surface area contributed by atoms with Crippen molar-refractivity contribution in [1.82, 2.24) is 10.3 Å². The Morgan fingerprint density at radius 2 is 2.03 bits per heavy atom. The number of primary amides is 1. The summed E-state index contributed by atoms with van der Waals surface area (Å²) in [4.78, 5) is 28.5. The SMILES string of the molecule is CC(C)Oc1cc2c(OC[C@@H]3C[C@@](F)(COCc4ccccc4)C(=O)N3)nccc2cc1C(N)=O. The fourth-order valence-corrected chi connectivity index (χ4v) is 3.99. The van der Waals surface area contributed by atoms with Crippen molar-refractivity contribution in [3.63, 3.8) is 0 Å². The van der Waals surface area contributed by atoms with Gasteiger partial charge in [0.1, 0.15) is 12.4 Å². The number of rotatable bonds is 10. The van der Waals surface area contributed by atoms with Crippen molar-refractivity contribution < 1.29 is 28.2 Å². The molecule has 2 atom stereocenters. The van der Waals surface area contributed by atoms with Crippen LogP contribution < -0.4 is 20.5 Å². The van der Waals surface area contributed by atoms with Crippen LogP contribution in [0.25, 0.3) is 10.8 Å². The number of hydrogen-bond donors (Lipinski definition) is 2. The molecule has 1 aliphatic rings. The van der Waals surface area contributed by atoms with Crippen LogP contribution in [0.1, 0.15) is 36.2 Å². The lowest BCUT2D eigenvalue weighted by Crippen LogP contribution is -2.38. The highest BCUT2D eigenvalue weighted by molar-refractivity contribution is 6.01. The highest BCUT2D eigenvalue weighted by Crippen LogP contribution is 2.32. The number of hydrogen-bond acceptors (Lipinski definition) is 6. The number of alkyl halides is 1. The van der Waals surface area contributed by atoms with E-state index < -0.39 is 23.5 Å². The lowest BCUT2D eigenvalue weighted by Gasteiger charge is -2.17. The van der Waals surface area contributed by atoms with Gasteiger partial charge in [0.2, 0.25) is 11.5 Å². The number of nitrogens with one attached hydrogen (secondary N) is 1. The molecule has 0 aliphatic carbocycles. The van der Waals surface area contributed by atoms with Crippen LogP contribution in [-0.4, -0.2) is 47.8 Å². The molecule has 0 spiro atoms. The third-order valence-electron chi connectivity index (χ3n) is 5.63. The van der Waals surface area contributed by atoms with Gasteiger partial charge < -0.3 is 25.3 Å². The van der Waals surface area contributed by atoms with E-state index in [2.05, 4.69) is 10.3 Å². The van der Waals surface area contributed by atoms with Crippen LogP contribution in [0.15, 0.2) is 54.7 Å². The molecule has 4 rings (SSSR count). The number of ether oxygens (including phenoxy) is 3. The van der Waals surface area contributed by atoms with Crippen molar-refractivity contribution in [1.29, 1.82) is 0 Å². The largest absolute Gasteiger partial charge is 0.490 e. The van der Waals surface area contributed by atoms with Crippen LogP contribution >= 0.6 is 0 Å². The maximum Gasteiger partial charge on any atom is 0.260 e. The summed E-state index contributed by atoms with van der Waals surface area (Å²) in [6.07, 6.45) is 1.27. The summed E-state index contributed by atoms with van der Waals surface area (Å²) < 4.78 is 32.4. The molecule has 3 aromatic rings. The normalized spacial score (nSPS) is 19.7. The van der Waals surface area contributed by atoms with Crippen molar-refractivity contribution >= 4 is 22.6 Å². The summed E-state index contributed by atoms with van der Waals surface area (Å²) in [7, 11) is 0. The van der Waals surface area contributed by atoms with Gasteiger partial charge in [-0.2, -0.15) is 0 Å². The van der Waals surface area contributed by atoms with Crippen molar-refractivity contribution in [2.24, 2.45) is 5.73 Å². The Morgan fingerprint density at radius 3 is 2.74 bits per heavy atom. The van der Waals surface area contributed by atoms with E-state index in [1.165, 1.54) is 6.20 Å². The predicted octanol–water partition coefficient (Wildman–Crippen LogP) is 3.31. The molecule has 9 heteroatoms. The molecule has 2 heterocycles. The van der Waals surface area contributed by atoms with Crippen LogP contribution in [-0.2, 0) is 16.1 Å². The lowest BCUT2D eigenvalue weighted by atomic mass is 10.0. The monoisotopic (exact) mass is 481 g/mol. The minimum absolute atomic E-state index is 0.0140. The third-order valence-corrected chi connectivity index (χ3v) is 5.63. The molecule has 0 unspecified atom stereocenters. The van der Waals surface area contributed by atoms with E-state index in [0.29, 0.717) is 16.5 Å². The first kappa shape index (κ1) is 24.4. The number of halogens is 1. The lowest BCUT2D eigenvalue weighted by molar-refractivity contribution is -0.133. The van der Waals surface area contributed by atoms with E-state index in [1.807, 2.05) is 44.2 Å². The number of pyridine rings is 1. The molecule has 0 bridgehead atoms. The average Bonchev–Trinajstić information content (AvgIpc) is 3.10. The zero-order chi connectivity index (χ0) is 25.0. The summed E-state index contributed by atoms with van der Waals surface area (Å²) in [5.74, 6) is -0.726. The van der Waals surface area contributed by atoms with E-state index in [-0.39, 0.29) is 43.8 Å². The van der Waals surface area contributed by atoms with E-state index >= 15 is 4.39 Å². The second kappa shape index (κ2) is 10.3. The van der Waals surface area contributed by atoms with Gasteiger partial charge in [-0.3, -0.25) is 9.59 Å². The van der Waals surface area contributed by atoms with Gasteiger partial charge in [0.05, 0.1) is 30.9 Å². The van der Waals surface area contributed by atoms with Crippen LogP contribution in [0.4, 0.5) is 4.39 Å². The van der Waals surface area contributed by atoms with Gasteiger partial charge in [-0.25, -0.2) is 9.37 Å². The number of nitrogens with zero attached hydrogens (tertiary/aromatic N) is 1. The molecule has 0 saturated carbocycles. The van der Waals surface area contributed by atoms with Gasteiger partial charge in [0.25, 0.3) is 11.8 Å². The molecule has 1 fully saturated rings. The van der Waals surface area contributed by atoms with Crippen LogP contribution in [0, 0.1) is 0 Å². The summed E-state index contributed by atoms with van der Waals surface area (Å²) in [5, 5.41) is 3.93. The van der Waals surface area contributed by atoms with Gasteiger partial charge in [-0.1, -0.05) is 30.3 Å². The fourth-order valence-electron chi connectivity index (χ4n) is 3.99. The molecule has 1 aliphatic heterocycles. The topological polar surface area (TPSA) is 113 Å². The molecule has 8 nitrogen and oxygen atoms in total. The molecule has 3 N–H and O–H groups in total. The Balaban J connectivity index is 1.43. The molecule has 1 aromatic heterocycles. The molecular weight excluding hydrogens is 453 g/mol. The molecular formula is C26H28FN3O5. The number of carbonyl (C=O) groups excluding carboxylic acids is 2. The summed E-state index contributed by atoms with van der Waals surface area (Å²) in [6, 6.07) is 13.8. The second-order valence-electron chi connectivity index (χ2n) is 8.85.